The van der Waals surface area contributed by atoms with E-state index in [-0.39, 0.29) is 11.7 Å². The second-order valence-corrected chi connectivity index (χ2v) is 10.2. The van der Waals surface area contributed by atoms with E-state index in [0.717, 1.165) is 33.4 Å². The summed E-state index contributed by atoms with van der Waals surface area (Å²) < 4.78 is 0. The van der Waals surface area contributed by atoms with Crippen LogP contribution in [0.2, 0.25) is 0 Å². The summed E-state index contributed by atoms with van der Waals surface area (Å²) in [4.78, 5) is 31.0. The van der Waals surface area contributed by atoms with Crippen molar-refractivity contribution in [1.29, 1.82) is 0 Å². The Labute approximate surface area is 218 Å². The first kappa shape index (κ1) is 23.2. The molecule has 0 saturated heterocycles. The van der Waals surface area contributed by atoms with E-state index >= 15 is 4.79 Å². The zero-order valence-corrected chi connectivity index (χ0v) is 21.1. The Morgan fingerprint density at radius 3 is 1.57 bits per heavy atom. The molecular formula is C34H29NO2. The minimum Gasteiger partial charge on any atom is -0.349 e. The largest absolute Gasteiger partial charge is 0.349 e. The Bertz CT molecular complexity index is 1490. The number of rotatable bonds is 5. The molecule has 1 amide bonds. The molecule has 1 saturated carbocycles. The van der Waals surface area contributed by atoms with E-state index in [1.54, 1.807) is 19.0 Å². The highest BCUT2D eigenvalue weighted by atomic mass is 16.2. The van der Waals surface area contributed by atoms with Crippen LogP contribution in [0.25, 0.3) is 11.1 Å². The number of Topliss-reactive ketones (excluding diaryl/α,β-unsaturated/α-hetero) is 1. The molecule has 1 fully saturated rings. The molecule has 3 atom stereocenters. The Morgan fingerprint density at radius 1 is 0.649 bits per heavy atom. The van der Waals surface area contributed by atoms with Gasteiger partial charge >= 0.3 is 0 Å². The fourth-order valence-electron chi connectivity index (χ4n) is 6.81. The normalized spacial score (nSPS) is 24.4. The Kier molecular flexibility index (Phi) is 5.45. The maximum Gasteiger partial charge on any atom is 0.226 e. The van der Waals surface area contributed by atoms with Crippen molar-refractivity contribution < 1.29 is 9.59 Å². The second-order valence-electron chi connectivity index (χ2n) is 10.2. The lowest BCUT2D eigenvalue weighted by atomic mass is 9.62. The lowest BCUT2D eigenvalue weighted by molar-refractivity contribution is -0.136. The van der Waals surface area contributed by atoms with Crippen LogP contribution in [0.1, 0.15) is 28.7 Å². The molecule has 2 bridgehead atoms. The summed E-state index contributed by atoms with van der Waals surface area (Å²) in [6.45, 7) is 0. The van der Waals surface area contributed by atoms with Crippen molar-refractivity contribution >= 4 is 22.8 Å². The van der Waals surface area contributed by atoms with Crippen LogP contribution in [0.3, 0.4) is 0 Å². The van der Waals surface area contributed by atoms with Crippen molar-refractivity contribution in [3.63, 3.8) is 0 Å². The number of hydrogen-bond acceptors (Lipinski definition) is 2. The van der Waals surface area contributed by atoms with Crippen LogP contribution in [0.15, 0.2) is 121 Å². The van der Waals surface area contributed by atoms with Gasteiger partial charge in [0, 0.05) is 14.1 Å². The number of ketones is 1. The molecule has 3 nitrogen and oxygen atoms in total. The quantitative estimate of drug-likeness (QED) is 0.341. The van der Waals surface area contributed by atoms with Crippen molar-refractivity contribution in [2.24, 2.45) is 5.92 Å². The maximum absolute atomic E-state index is 15.3. The number of allylic oxidation sites excluding steroid dienone is 2. The van der Waals surface area contributed by atoms with E-state index < -0.39 is 16.7 Å². The molecule has 37 heavy (non-hydrogen) atoms. The minimum absolute atomic E-state index is 0.0180. The minimum atomic E-state index is -1.11. The summed E-state index contributed by atoms with van der Waals surface area (Å²) in [6, 6.07) is 40.4. The van der Waals surface area contributed by atoms with E-state index in [2.05, 4.69) is 24.3 Å². The van der Waals surface area contributed by atoms with Crippen LogP contribution in [-0.4, -0.2) is 30.7 Å². The van der Waals surface area contributed by atoms with Gasteiger partial charge in [0.05, 0.1) is 16.7 Å². The summed E-state index contributed by atoms with van der Waals surface area (Å²) in [5.41, 5.74) is 3.74. The number of carbonyl (C=O) groups excluding carboxylic acids is 2. The van der Waals surface area contributed by atoms with E-state index in [9.17, 15) is 4.79 Å². The number of fused-ring (bicyclic) bond motifs is 2. The van der Waals surface area contributed by atoms with Crippen LogP contribution in [0, 0.1) is 5.92 Å². The molecule has 2 aliphatic carbocycles. The van der Waals surface area contributed by atoms with Gasteiger partial charge in [0.25, 0.3) is 0 Å². The number of hydrogen-bond donors (Lipinski definition) is 0. The van der Waals surface area contributed by atoms with Crippen LogP contribution in [-0.2, 0) is 20.4 Å². The molecule has 0 spiro atoms. The molecule has 6 rings (SSSR count). The van der Waals surface area contributed by atoms with Gasteiger partial charge < -0.3 is 4.90 Å². The Balaban J connectivity index is 1.82. The molecule has 3 unspecified atom stereocenters. The molecular weight excluding hydrogens is 454 g/mol. The van der Waals surface area contributed by atoms with Crippen LogP contribution in [0.5, 0.6) is 0 Å². The van der Waals surface area contributed by atoms with Gasteiger partial charge in [0.15, 0.2) is 5.78 Å². The average molecular weight is 484 g/mol. The summed E-state index contributed by atoms with van der Waals surface area (Å²) in [7, 11) is 3.58. The highest BCUT2D eigenvalue weighted by Gasteiger charge is 2.73. The van der Waals surface area contributed by atoms with Crippen molar-refractivity contribution in [1.82, 2.24) is 4.90 Å². The van der Waals surface area contributed by atoms with Crippen LogP contribution >= 0.6 is 0 Å². The highest BCUT2D eigenvalue weighted by molar-refractivity contribution is 6.31. The third-order valence-corrected chi connectivity index (χ3v) is 8.21. The number of amides is 1. The zero-order valence-electron chi connectivity index (χ0n) is 21.1. The fraction of sp³-hybridized carbons (Fsp3) is 0.176. The van der Waals surface area contributed by atoms with Crippen molar-refractivity contribution in [2.45, 2.75) is 17.3 Å². The average Bonchev–Trinajstić information content (AvgIpc) is 3.36. The van der Waals surface area contributed by atoms with Gasteiger partial charge in [0.1, 0.15) is 0 Å². The lowest BCUT2D eigenvalue weighted by Crippen LogP contribution is -2.45. The Morgan fingerprint density at radius 2 is 1.08 bits per heavy atom. The zero-order chi connectivity index (χ0) is 25.6. The van der Waals surface area contributed by atoms with Gasteiger partial charge in [-0.25, -0.2) is 0 Å². The third kappa shape index (κ3) is 3.13. The number of benzene rings is 4. The molecule has 0 heterocycles. The molecule has 3 heteroatoms. The molecule has 182 valence electrons. The molecule has 0 aliphatic heterocycles. The lowest BCUT2D eigenvalue weighted by Gasteiger charge is -2.39. The van der Waals surface area contributed by atoms with Gasteiger partial charge in [-0.3, -0.25) is 9.59 Å². The van der Waals surface area contributed by atoms with Gasteiger partial charge in [-0.2, -0.15) is 0 Å². The summed E-state index contributed by atoms with van der Waals surface area (Å²) in [5.74, 6) is -0.453. The summed E-state index contributed by atoms with van der Waals surface area (Å²) in [6.07, 6.45) is 0.433. The summed E-state index contributed by atoms with van der Waals surface area (Å²) in [5, 5.41) is 0. The molecule has 4 aromatic rings. The Hall–Kier alpha value is -4.24. The highest BCUT2D eigenvalue weighted by Crippen LogP contribution is 2.70. The first-order valence-corrected chi connectivity index (χ1v) is 12.8. The van der Waals surface area contributed by atoms with E-state index in [0.29, 0.717) is 6.42 Å². The first-order valence-electron chi connectivity index (χ1n) is 12.8. The first-order chi connectivity index (χ1) is 18.0. The van der Waals surface area contributed by atoms with Gasteiger partial charge in [-0.1, -0.05) is 121 Å². The number of carbonyl (C=O) groups is 2. The standard InChI is InChI=1S/C34H29NO2/c1-35(2)31(36)28-23-33(26-19-11-5-12-20-26)29(24-15-7-3-8-16-24)30(25-17-9-4-10-18-25)34(28,32(33)37)27-21-13-6-14-22-27/h3-22,28H,23H2,1-2H3. The van der Waals surface area contributed by atoms with Crippen molar-refractivity contribution in [3.05, 3.63) is 144 Å². The monoisotopic (exact) mass is 483 g/mol. The van der Waals surface area contributed by atoms with E-state index in [4.69, 9.17) is 0 Å². The van der Waals surface area contributed by atoms with E-state index in [1.807, 2.05) is 97.1 Å². The third-order valence-electron chi connectivity index (χ3n) is 8.21. The molecule has 0 radical (unpaired) electrons. The molecule has 0 aromatic heterocycles. The predicted molar refractivity (Wildman–Crippen MR) is 148 cm³/mol. The van der Waals surface area contributed by atoms with Crippen LogP contribution in [0.4, 0.5) is 0 Å². The van der Waals surface area contributed by atoms with E-state index in [1.165, 1.54) is 0 Å². The van der Waals surface area contributed by atoms with Gasteiger partial charge in [-0.15, -0.1) is 0 Å². The van der Waals surface area contributed by atoms with Crippen molar-refractivity contribution in [3.8, 4) is 0 Å². The molecule has 0 N–H and O–H groups in total. The second kappa shape index (κ2) is 8.70. The van der Waals surface area contributed by atoms with Gasteiger partial charge in [0.2, 0.25) is 5.91 Å². The fourth-order valence-corrected chi connectivity index (χ4v) is 6.81. The van der Waals surface area contributed by atoms with Gasteiger partial charge in [-0.05, 0) is 39.8 Å². The van der Waals surface area contributed by atoms with Crippen molar-refractivity contribution in [2.75, 3.05) is 14.1 Å². The summed E-state index contributed by atoms with van der Waals surface area (Å²) >= 11 is 0. The SMILES string of the molecule is CN(C)C(=O)C1CC2(c3ccccc3)C(=O)C1(c1ccccc1)C(c1ccccc1)=C2c1ccccc1. The van der Waals surface area contributed by atoms with Crippen LogP contribution < -0.4 is 0 Å². The maximum atomic E-state index is 15.3. The topological polar surface area (TPSA) is 37.4 Å². The number of nitrogens with zero attached hydrogens (tertiary/aromatic N) is 1. The smallest absolute Gasteiger partial charge is 0.226 e. The molecule has 2 aliphatic rings. The predicted octanol–water partition coefficient (Wildman–Crippen LogP) is 6.16. The molecule has 4 aromatic carbocycles.